The monoisotopic (exact) mass is 270 g/mol. The van der Waals surface area contributed by atoms with Crippen molar-refractivity contribution in [3.8, 4) is 0 Å². The van der Waals surface area contributed by atoms with Gasteiger partial charge in [-0.15, -0.1) is 0 Å². The smallest absolute Gasteiger partial charge is 0.253 e. The molecule has 1 amide bonds. The number of halogens is 1. The third-order valence-corrected chi connectivity index (χ3v) is 3.77. The van der Waals surface area contributed by atoms with E-state index in [1.54, 1.807) is 31.3 Å². The van der Waals surface area contributed by atoms with Crippen LogP contribution in [0, 0.1) is 12.7 Å². The van der Waals surface area contributed by atoms with Crippen molar-refractivity contribution in [2.45, 2.75) is 25.8 Å². The Labute approximate surface area is 116 Å². The molecule has 0 saturated heterocycles. The molecule has 1 aromatic heterocycles. The SMILES string of the molecule is Cc1ncccc1C(=O)N[C@@H]1CCc2c(F)cccc21. The molecular weight excluding hydrogens is 255 g/mol. The van der Waals surface area contributed by atoms with E-state index >= 15 is 0 Å². The molecule has 1 atom stereocenters. The van der Waals surface area contributed by atoms with Gasteiger partial charge in [-0.3, -0.25) is 9.78 Å². The van der Waals surface area contributed by atoms with Gasteiger partial charge in [0.05, 0.1) is 11.6 Å². The Morgan fingerprint density at radius 2 is 2.20 bits per heavy atom. The summed E-state index contributed by atoms with van der Waals surface area (Å²) in [6.45, 7) is 1.80. The maximum atomic E-state index is 13.7. The lowest BCUT2D eigenvalue weighted by Crippen LogP contribution is -2.27. The van der Waals surface area contributed by atoms with Crippen LogP contribution in [0.15, 0.2) is 36.5 Å². The van der Waals surface area contributed by atoms with Gasteiger partial charge in [0.1, 0.15) is 5.82 Å². The number of hydrogen-bond acceptors (Lipinski definition) is 2. The van der Waals surface area contributed by atoms with Crippen molar-refractivity contribution in [2.75, 3.05) is 0 Å². The van der Waals surface area contributed by atoms with Gasteiger partial charge in [0.25, 0.3) is 5.91 Å². The maximum Gasteiger partial charge on any atom is 0.253 e. The number of hydrogen-bond donors (Lipinski definition) is 1. The van der Waals surface area contributed by atoms with Gasteiger partial charge in [0, 0.05) is 11.9 Å². The molecule has 20 heavy (non-hydrogen) atoms. The second-order valence-electron chi connectivity index (χ2n) is 5.01. The predicted molar refractivity (Wildman–Crippen MR) is 73.9 cm³/mol. The van der Waals surface area contributed by atoms with Crippen molar-refractivity contribution < 1.29 is 9.18 Å². The molecule has 0 bridgehead atoms. The van der Waals surface area contributed by atoms with Gasteiger partial charge in [-0.25, -0.2) is 4.39 Å². The zero-order valence-corrected chi connectivity index (χ0v) is 11.2. The molecule has 3 nitrogen and oxygen atoms in total. The van der Waals surface area contributed by atoms with Crippen LogP contribution in [0.5, 0.6) is 0 Å². The van der Waals surface area contributed by atoms with E-state index in [0.717, 1.165) is 17.5 Å². The molecule has 0 spiro atoms. The van der Waals surface area contributed by atoms with E-state index < -0.39 is 0 Å². The topological polar surface area (TPSA) is 42.0 Å². The molecular formula is C16H15FN2O. The highest BCUT2D eigenvalue weighted by molar-refractivity contribution is 5.95. The maximum absolute atomic E-state index is 13.7. The Morgan fingerprint density at radius 3 is 3.00 bits per heavy atom. The van der Waals surface area contributed by atoms with Crippen molar-refractivity contribution in [2.24, 2.45) is 0 Å². The minimum Gasteiger partial charge on any atom is -0.345 e. The Balaban J connectivity index is 1.83. The molecule has 1 N–H and O–H groups in total. The minimum atomic E-state index is -0.184. The van der Waals surface area contributed by atoms with Crippen molar-refractivity contribution in [1.82, 2.24) is 10.3 Å². The third-order valence-electron chi connectivity index (χ3n) is 3.77. The van der Waals surface area contributed by atoms with E-state index in [2.05, 4.69) is 10.3 Å². The molecule has 3 rings (SSSR count). The van der Waals surface area contributed by atoms with Gasteiger partial charge in [-0.2, -0.15) is 0 Å². The largest absolute Gasteiger partial charge is 0.345 e. The molecule has 102 valence electrons. The van der Waals surface area contributed by atoms with Gasteiger partial charge in [0.2, 0.25) is 0 Å². The number of benzene rings is 1. The lowest BCUT2D eigenvalue weighted by atomic mass is 10.1. The summed E-state index contributed by atoms with van der Waals surface area (Å²) in [4.78, 5) is 16.4. The Bertz CT molecular complexity index is 669. The van der Waals surface area contributed by atoms with Crippen LogP contribution in [0.3, 0.4) is 0 Å². The first kappa shape index (κ1) is 12.8. The fraction of sp³-hybridized carbons (Fsp3) is 0.250. The lowest BCUT2D eigenvalue weighted by Gasteiger charge is -2.15. The quantitative estimate of drug-likeness (QED) is 0.911. The summed E-state index contributed by atoms with van der Waals surface area (Å²) in [7, 11) is 0. The number of amides is 1. The Kier molecular flexibility index (Phi) is 3.22. The first-order chi connectivity index (χ1) is 9.66. The zero-order valence-electron chi connectivity index (χ0n) is 11.2. The number of fused-ring (bicyclic) bond motifs is 1. The summed E-state index contributed by atoms with van der Waals surface area (Å²) in [6.07, 6.45) is 3.06. The summed E-state index contributed by atoms with van der Waals surface area (Å²) < 4.78 is 13.7. The van der Waals surface area contributed by atoms with Gasteiger partial charge in [-0.1, -0.05) is 12.1 Å². The summed E-state index contributed by atoms with van der Waals surface area (Å²) in [5.74, 6) is -0.338. The molecule has 0 radical (unpaired) electrons. The normalized spacial score (nSPS) is 16.8. The fourth-order valence-corrected chi connectivity index (χ4v) is 2.72. The van der Waals surface area contributed by atoms with Crippen LogP contribution in [-0.4, -0.2) is 10.9 Å². The van der Waals surface area contributed by atoms with Crippen LogP contribution in [0.1, 0.15) is 39.6 Å². The van der Waals surface area contributed by atoms with E-state index in [1.165, 1.54) is 6.07 Å². The van der Waals surface area contributed by atoms with Gasteiger partial charge in [-0.05, 0) is 49.1 Å². The molecule has 1 aromatic carbocycles. The Morgan fingerprint density at radius 1 is 1.35 bits per heavy atom. The standard InChI is InChI=1S/C16H15FN2O/c1-10-11(5-3-9-18-10)16(20)19-15-8-7-12-13(15)4-2-6-14(12)17/h2-6,9,15H,7-8H2,1H3,(H,19,20)/t15-/m1/s1. The third kappa shape index (κ3) is 2.18. The van der Waals surface area contributed by atoms with E-state index in [4.69, 9.17) is 0 Å². The highest BCUT2D eigenvalue weighted by Gasteiger charge is 2.26. The summed E-state index contributed by atoms with van der Waals surface area (Å²) in [5, 5.41) is 2.97. The van der Waals surface area contributed by atoms with Crippen LogP contribution in [0.2, 0.25) is 0 Å². The fourth-order valence-electron chi connectivity index (χ4n) is 2.72. The van der Waals surface area contributed by atoms with Gasteiger partial charge in [0.15, 0.2) is 0 Å². The minimum absolute atomic E-state index is 0.118. The Hall–Kier alpha value is -2.23. The second-order valence-corrected chi connectivity index (χ2v) is 5.01. The summed E-state index contributed by atoms with van der Waals surface area (Å²) >= 11 is 0. The summed E-state index contributed by atoms with van der Waals surface area (Å²) in [6, 6.07) is 8.41. The summed E-state index contributed by atoms with van der Waals surface area (Å²) in [5.41, 5.74) is 2.88. The van der Waals surface area contributed by atoms with Crippen molar-refractivity contribution in [3.63, 3.8) is 0 Å². The second kappa shape index (κ2) is 5.04. The molecule has 0 saturated carbocycles. The van der Waals surface area contributed by atoms with Crippen LogP contribution in [-0.2, 0) is 6.42 Å². The van der Waals surface area contributed by atoms with Crippen LogP contribution in [0.25, 0.3) is 0 Å². The van der Waals surface area contributed by atoms with E-state index in [-0.39, 0.29) is 17.8 Å². The van der Waals surface area contributed by atoms with Gasteiger partial charge < -0.3 is 5.32 Å². The lowest BCUT2D eigenvalue weighted by molar-refractivity contribution is 0.0935. The number of pyridine rings is 1. The van der Waals surface area contributed by atoms with Crippen LogP contribution < -0.4 is 5.32 Å². The molecule has 1 aliphatic carbocycles. The number of nitrogens with zero attached hydrogens (tertiary/aromatic N) is 1. The highest BCUT2D eigenvalue weighted by atomic mass is 19.1. The molecule has 0 fully saturated rings. The number of aryl methyl sites for hydroxylation is 1. The van der Waals surface area contributed by atoms with Crippen molar-refractivity contribution >= 4 is 5.91 Å². The first-order valence-corrected chi connectivity index (χ1v) is 6.66. The average molecular weight is 270 g/mol. The van der Waals surface area contributed by atoms with Crippen molar-refractivity contribution in [3.05, 3.63) is 64.7 Å². The number of carbonyl (C=O) groups excluding carboxylic acids is 1. The molecule has 1 aliphatic rings. The number of carbonyl (C=O) groups is 1. The predicted octanol–water partition coefficient (Wildman–Crippen LogP) is 2.95. The van der Waals surface area contributed by atoms with Gasteiger partial charge >= 0.3 is 0 Å². The average Bonchev–Trinajstić information content (AvgIpc) is 2.84. The molecule has 0 unspecified atom stereocenters. The van der Waals surface area contributed by atoms with E-state index in [1.807, 2.05) is 6.07 Å². The first-order valence-electron chi connectivity index (χ1n) is 6.66. The van der Waals surface area contributed by atoms with E-state index in [9.17, 15) is 9.18 Å². The van der Waals surface area contributed by atoms with Crippen LogP contribution >= 0.6 is 0 Å². The highest BCUT2D eigenvalue weighted by Crippen LogP contribution is 2.32. The zero-order chi connectivity index (χ0) is 14.1. The van der Waals surface area contributed by atoms with Crippen LogP contribution in [0.4, 0.5) is 4.39 Å². The molecule has 1 heterocycles. The molecule has 2 aromatic rings. The number of rotatable bonds is 2. The number of nitrogens with one attached hydrogen (secondary N) is 1. The molecule has 0 aliphatic heterocycles. The number of aromatic nitrogens is 1. The van der Waals surface area contributed by atoms with Crippen molar-refractivity contribution in [1.29, 1.82) is 0 Å². The van der Waals surface area contributed by atoms with E-state index in [0.29, 0.717) is 17.7 Å². The molecule has 4 heteroatoms.